The Bertz CT molecular complexity index is 707. The van der Waals surface area contributed by atoms with E-state index in [4.69, 9.17) is 27.9 Å². The highest BCUT2D eigenvalue weighted by Gasteiger charge is 2.06. The summed E-state index contributed by atoms with van der Waals surface area (Å²) in [5.74, 6) is 0.525. The second-order valence-electron chi connectivity index (χ2n) is 5.04. The van der Waals surface area contributed by atoms with Crippen LogP contribution in [0.5, 0.6) is 5.75 Å². The largest absolute Gasteiger partial charge is 0.492 e. The molecule has 23 heavy (non-hydrogen) atoms. The summed E-state index contributed by atoms with van der Waals surface area (Å²) in [5.41, 5.74) is 1.86. The van der Waals surface area contributed by atoms with Gasteiger partial charge in [-0.2, -0.15) is 0 Å². The van der Waals surface area contributed by atoms with Crippen molar-refractivity contribution >= 4 is 50.7 Å². The molecule has 0 unspecified atom stereocenters. The van der Waals surface area contributed by atoms with Gasteiger partial charge in [-0.15, -0.1) is 0 Å². The van der Waals surface area contributed by atoms with Crippen molar-refractivity contribution in [3.63, 3.8) is 0 Å². The van der Waals surface area contributed by atoms with Gasteiger partial charge in [0.05, 0.1) is 11.6 Å². The average Bonchev–Trinajstić information content (AvgIpc) is 2.49. The lowest BCUT2D eigenvalue weighted by molar-refractivity contribution is -0.116. The van der Waals surface area contributed by atoms with Crippen LogP contribution in [-0.4, -0.2) is 12.5 Å². The van der Waals surface area contributed by atoms with Gasteiger partial charge in [0.2, 0.25) is 5.91 Å². The van der Waals surface area contributed by atoms with E-state index in [1.807, 2.05) is 25.1 Å². The summed E-state index contributed by atoms with van der Waals surface area (Å²) >= 11 is 15.3. The molecular weight excluding hydrogens is 401 g/mol. The molecule has 2 aromatic rings. The summed E-state index contributed by atoms with van der Waals surface area (Å²) in [5, 5.41) is 3.90. The lowest BCUT2D eigenvalue weighted by Crippen LogP contribution is -2.13. The first-order valence-electron chi connectivity index (χ1n) is 7.09. The van der Waals surface area contributed by atoms with Crippen LogP contribution < -0.4 is 10.1 Å². The topological polar surface area (TPSA) is 38.3 Å². The SMILES string of the molecule is Cc1cc(NC(=O)CCCOc2ccc(Cl)cc2Cl)ccc1Br. The van der Waals surface area contributed by atoms with E-state index in [1.165, 1.54) is 0 Å². The molecule has 3 nitrogen and oxygen atoms in total. The third-order valence-electron chi connectivity index (χ3n) is 3.14. The first kappa shape index (κ1) is 18.1. The van der Waals surface area contributed by atoms with E-state index in [0.29, 0.717) is 35.2 Å². The second kappa shape index (κ2) is 8.57. The highest BCUT2D eigenvalue weighted by molar-refractivity contribution is 9.10. The van der Waals surface area contributed by atoms with Crippen LogP contribution in [0.4, 0.5) is 5.69 Å². The summed E-state index contributed by atoms with van der Waals surface area (Å²) in [6.45, 7) is 2.39. The van der Waals surface area contributed by atoms with Crippen LogP contribution >= 0.6 is 39.1 Å². The number of aryl methyl sites for hydroxylation is 1. The number of benzene rings is 2. The summed E-state index contributed by atoms with van der Waals surface area (Å²) in [6, 6.07) is 10.8. The summed E-state index contributed by atoms with van der Waals surface area (Å²) in [4.78, 5) is 11.9. The first-order chi connectivity index (χ1) is 11.0. The molecule has 0 saturated heterocycles. The van der Waals surface area contributed by atoms with E-state index >= 15 is 0 Å². The number of hydrogen-bond donors (Lipinski definition) is 1. The minimum absolute atomic E-state index is 0.0440. The Morgan fingerprint density at radius 1 is 1.22 bits per heavy atom. The van der Waals surface area contributed by atoms with Crippen LogP contribution in [0.3, 0.4) is 0 Å². The van der Waals surface area contributed by atoms with Crippen molar-refractivity contribution in [1.82, 2.24) is 0 Å². The van der Waals surface area contributed by atoms with Gasteiger partial charge < -0.3 is 10.1 Å². The minimum Gasteiger partial charge on any atom is -0.492 e. The second-order valence-corrected chi connectivity index (χ2v) is 6.74. The fraction of sp³-hybridized carbons (Fsp3) is 0.235. The lowest BCUT2D eigenvalue weighted by Gasteiger charge is -2.09. The van der Waals surface area contributed by atoms with Gasteiger partial charge in [-0.1, -0.05) is 39.1 Å². The molecule has 2 rings (SSSR count). The first-order valence-corrected chi connectivity index (χ1v) is 8.64. The van der Waals surface area contributed by atoms with Gasteiger partial charge in [0.25, 0.3) is 0 Å². The van der Waals surface area contributed by atoms with Gasteiger partial charge in [0.15, 0.2) is 0 Å². The van der Waals surface area contributed by atoms with Crippen LogP contribution in [0.15, 0.2) is 40.9 Å². The third kappa shape index (κ3) is 5.72. The molecule has 0 bridgehead atoms. The maximum atomic E-state index is 11.9. The number of carbonyl (C=O) groups excluding carboxylic acids is 1. The third-order valence-corrected chi connectivity index (χ3v) is 4.56. The molecule has 0 spiro atoms. The van der Waals surface area contributed by atoms with E-state index in [9.17, 15) is 4.79 Å². The molecule has 0 heterocycles. The van der Waals surface area contributed by atoms with E-state index in [1.54, 1.807) is 18.2 Å². The van der Waals surface area contributed by atoms with Gasteiger partial charge in [-0.05, 0) is 55.3 Å². The van der Waals surface area contributed by atoms with Gasteiger partial charge in [0, 0.05) is 21.6 Å². The standard InChI is InChI=1S/C17H16BrCl2NO2/c1-11-9-13(5-6-14(11)18)21-17(22)3-2-8-23-16-7-4-12(19)10-15(16)20/h4-7,9-10H,2-3,8H2,1H3,(H,21,22). The van der Waals surface area contributed by atoms with Gasteiger partial charge in [-0.3, -0.25) is 4.79 Å². The van der Waals surface area contributed by atoms with Gasteiger partial charge in [0.1, 0.15) is 5.75 Å². The highest BCUT2D eigenvalue weighted by atomic mass is 79.9. The Morgan fingerprint density at radius 2 is 2.00 bits per heavy atom. The molecule has 122 valence electrons. The van der Waals surface area contributed by atoms with Gasteiger partial charge >= 0.3 is 0 Å². The number of rotatable bonds is 6. The normalized spacial score (nSPS) is 10.4. The van der Waals surface area contributed by atoms with E-state index < -0.39 is 0 Å². The molecule has 0 aliphatic rings. The number of halogens is 3. The number of hydrogen-bond acceptors (Lipinski definition) is 2. The van der Waals surface area contributed by atoms with Crippen LogP contribution in [0.25, 0.3) is 0 Å². The zero-order chi connectivity index (χ0) is 16.8. The maximum Gasteiger partial charge on any atom is 0.224 e. The van der Waals surface area contributed by atoms with Crippen molar-refractivity contribution in [2.75, 3.05) is 11.9 Å². The molecule has 0 atom stereocenters. The van der Waals surface area contributed by atoms with Crippen molar-refractivity contribution in [3.05, 3.63) is 56.5 Å². The molecular formula is C17H16BrCl2NO2. The smallest absolute Gasteiger partial charge is 0.224 e. The van der Waals surface area contributed by atoms with Crippen LogP contribution in [0.2, 0.25) is 10.0 Å². The van der Waals surface area contributed by atoms with Crippen LogP contribution in [-0.2, 0) is 4.79 Å². The van der Waals surface area contributed by atoms with Crippen molar-refractivity contribution in [1.29, 1.82) is 0 Å². The Balaban J connectivity index is 1.75. The maximum absolute atomic E-state index is 11.9. The van der Waals surface area contributed by atoms with Crippen molar-refractivity contribution in [2.45, 2.75) is 19.8 Å². The quantitative estimate of drug-likeness (QED) is 0.598. The zero-order valence-corrected chi connectivity index (χ0v) is 15.6. The molecule has 2 aromatic carbocycles. The predicted octanol–water partition coefficient (Wildman–Crippen LogP) is 5.86. The molecule has 0 aromatic heterocycles. The number of ether oxygens (including phenoxy) is 1. The van der Waals surface area contributed by atoms with Crippen molar-refractivity contribution < 1.29 is 9.53 Å². The number of amides is 1. The van der Waals surface area contributed by atoms with Gasteiger partial charge in [-0.25, -0.2) is 0 Å². The van der Waals surface area contributed by atoms with Crippen LogP contribution in [0.1, 0.15) is 18.4 Å². The number of nitrogens with one attached hydrogen (secondary N) is 1. The highest BCUT2D eigenvalue weighted by Crippen LogP contribution is 2.27. The predicted molar refractivity (Wildman–Crippen MR) is 98.7 cm³/mol. The molecule has 6 heteroatoms. The molecule has 1 amide bonds. The molecule has 0 fully saturated rings. The van der Waals surface area contributed by atoms with E-state index in [0.717, 1.165) is 15.7 Å². The zero-order valence-electron chi connectivity index (χ0n) is 12.5. The Hall–Kier alpha value is -1.23. The number of anilines is 1. The van der Waals surface area contributed by atoms with E-state index in [-0.39, 0.29) is 5.91 Å². The summed E-state index contributed by atoms with van der Waals surface area (Å²) in [7, 11) is 0. The molecule has 0 aliphatic heterocycles. The molecule has 1 N–H and O–H groups in total. The fourth-order valence-electron chi connectivity index (χ4n) is 1.95. The van der Waals surface area contributed by atoms with Crippen LogP contribution in [0, 0.1) is 6.92 Å². The average molecular weight is 417 g/mol. The summed E-state index contributed by atoms with van der Waals surface area (Å²) < 4.78 is 6.57. The van der Waals surface area contributed by atoms with Crippen molar-refractivity contribution in [2.24, 2.45) is 0 Å². The Labute approximate surface area is 154 Å². The molecule has 0 radical (unpaired) electrons. The monoisotopic (exact) mass is 415 g/mol. The molecule has 0 aliphatic carbocycles. The fourth-order valence-corrected chi connectivity index (χ4v) is 2.66. The lowest BCUT2D eigenvalue weighted by atomic mass is 10.2. The molecule has 0 saturated carbocycles. The summed E-state index contributed by atoms with van der Waals surface area (Å²) in [6.07, 6.45) is 0.973. The Morgan fingerprint density at radius 3 is 2.70 bits per heavy atom. The number of carbonyl (C=O) groups is 1. The Kier molecular flexibility index (Phi) is 6.75. The van der Waals surface area contributed by atoms with E-state index in [2.05, 4.69) is 21.2 Å². The van der Waals surface area contributed by atoms with Crippen molar-refractivity contribution in [3.8, 4) is 5.75 Å². The minimum atomic E-state index is -0.0440.